The van der Waals surface area contributed by atoms with Crippen molar-refractivity contribution in [2.24, 2.45) is 0 Å². The lowest BCUT2D eigenvalue weighted by Gasteiger charge is -2.18. The van der Waals surface area contributed by atoms with E-state index in [4.69, 9.17) is 23.2 Å². The van der Waals surface area contributed by atoms with Gasteiger partial charge in [-0.05, 0) is 19.9 Å². The average Bonchev–Trinajstić information content (AvgIpc) is 2.30. The molecule has 0 aliphatic carbocycles. The van der Waals surface area contributed by atoms with Gasteiger partial charge in [0.05, 0.1) is 17.1 Å². The highest BCUT2D eigenvalue weighted by atomic mass is 35.5. The maximum absolute atomic E-state index is 12.1. The SMILES string of the molecule is CC(C)NC(=O)CN(C)C(=O)c1cc(Cl)ncc1Cl. The van der Waals surface area contributed by atoms with Gasteiger partial charge < -0.3 is 10.2 Å². The van der Waals surface area contributed by atoms with E-state index in [1.54, 1.807) is 0 Å². The number of halogens is 2. The molecular formula is C12H15Cl2N3O2. The van der Waals surface area contributed by atoms with Crippen LogP contribution in [-0.4, -0.2) is 41.3 Å². The van der Waals surface area contributed by atoms with Crippen molar-refractivity contribution in [3.63, 3.8) is 0 Å². The van der Waals surface area contributed by atoms with Crippen molar-refractivity contribution in [3.05, 3.63) is 28.0 Å². The molecule has 1 heterocycles. The third-order valence-electron chi connectivity index (χ3n) is 2.23. The van der Waals surface area contributed by atoms with Crippen molar-refractivity contribution in [1.29, 1.82) is 0 Å². The fourth-order valence-corrected chi connectivity index (χ4v) is 1.78. The molecule has 0 aliphatic heterocycles. The molecule has 7 heteroatoms. The summed E-state index contributed by atoms with van der Waals surface area (Å²) >= 11 is 11.6. The lowest BCUT2D eigenvalue weighted by Crippen LogP contribution is -2.40. The fourth-order valence-electron chi connectivity index (χ4n) is 1.44. The summed E-state index contributed by atoms with van der Waals surface area (Å²) < 4.78 is 0. The van der Waals surface area contributed by atoms with Gasteiger partial charge in [-0.25, -0.2) is 4.98 Å². The summed E-state index contributed by atoms with van der Waals surface area (Å²) in [6.45, 7) is 3.64. The highest BCUT2D eigenvalue weighted by molar-refractivity contribution is 6.35. The van der Waals surface area contributed by atoms with Crippen LogP contribution in [0.4, 0.5) is 0 Å². The van der Waals surface area contributed by atoms with Gasteiger partial charge in [-0.3, -0.25) is 9.59 Å². The van der Waals surface area contributed by atoms with Crippen LogP contribution in [0.25, 0.3) is 0 Å². The van der Waals surface area contributed by atoms with Crippen LogP contribution >= 0.6 is 23.2 Å². The van der Waals surface area contributed by atoms with Gasteiger partial charge in [0.1, 0.15) is 5.15 Å². The summed E-state index contributed by atoms with van der Waals surface area (Å²) in [5, 5.41) is 3.08. The van der Waals surface area contributed by atoms with E-state index >= 15 is 0 Å². The molecule has 0 aromatic carbocycles. The predicted octanol–water partition coefficient (Wildman–Crippen LogP) is 1.98. The summed E-state index contributed by atoms with van der Waals surface area (Å²) in [5.74, 6) is -0.615. The topological polar surface area (TPSA) is 62.3 Å². The Balaban J connectivity index is 2.77. The van der Waals surface area contributed by atoms with Crippen LogP contribution in [0.5, 0.6) is 0 Å². The summed E-state index contributed by atoms with van der Waals surface area (Å²) in [5.41, 5.74) is 0.224. The van der Waals surface area contributed by atoms with E-state index in [0.717, 1.165) is 0 Å². The standard InChI is InChI=1S/C12H15Cl2N3O2/c1-7(2)16-11(18)6-17(3)12(19)8-4-10(14)15-5-9(8)13/h4-5,7H,6H2,1-3H3,(H,16,18). The van der Waals surface area contributed by atoms with Crippen LogP contribution in [-0.2, 0) is 4.79 Å². The number of pyridine rings is 1. The Labute approximate surface area is 121 Å². The Kier molecular flexibility index (Phi) is 5.57. The first-order chi connectivity index (χ1) is 8.81. The van der Waals surface area contributed by atoms with Gasteiger partial charge in [0, 0.05) is 19.3 Å². The van der Waals surface area contributed by atoms with Gasteiger partial charge in [-0.15, -0.1) is 0 Å². The van der Waals surface area contributed by atoms with Crippen molar-refractivity contribution >= 4 is 35.0 Å². The zero-order valence-corrected chi connectivity index (χ0v) is 12.4. The maximum atomic E-state index is 12.1. The van der Waals surface area contributed by atoms with Crippen LogP contribution in [0.1, 0.15) is 24.2 Å². The van der Waals surface area contributed by atoms with Gasteiger partial charge in [0.15, 0.2) is 0 Å². The number of carbonyl (C=O) groups is 2. The third-order valence-corrected chi connectivity index (χ3v) is 2.74. The highest BCUT2D eigenvalue weighted by Gasteiger charge is 2.18. The molecule has 0 aliphatic rings. The molecule has 0 atom stereocenters. The summed E-state index contributed by atoms with van der Waals surface area (Å²) in [6.07, 6.45) is 1.30. The lowest BCUT2D eigenvalue weighted by atomic mass is 10.2. The molecule has 104 valence electrons. The highest BCUT2D eigenvalue weighted by Crippen LogP contribution is 2.19. The van der Waals surface area contributed by atoms with Crippen LogP contribution in [0.3, 0.4) is 0 Å². The van der Waals surface area contributed by atoms with Crippen molar-refractivity contribution < 1.29 is 9.59 Å². The number of rotatable bonds is 4. The molecule has 19 heavy (non-hydrogen) atoms. The van der Waals surface area contributed by atoms with E-state index in [1.165, 1.54) is 24.2 Å². The number of aromatic nitrogens is 1. The third kappa shape index (κ3) is 4.69. The number of nitrogens with one attached hydrogen (secondary N) is 1. The number of carbonyl (C=O) groups excluding carboxylic acids is 2. The van der Waals surface area contributed by atoms with E-state index in [-0.39, 0.29) is 40.1 Å². The smallest absolute Gasteiger partial charge is 0.255 e. The Bertz CT molecular complexity index is 492. The minimum absolute atomic E-state index is 0.0231. The van der Waals surface area contributed by atoms with E-state index in [1.807, 2.05) is 13.8 Å². The van der Waals surface area contributed by atoms with Gasteiger partial charge in [-0.1, -0.05) is 23.2 Å². The molecule has 1 rings (SSSR count). The predicted molar refractivity (Wildman–Crippen MR) is 74.5 cm³/mol. The van der Waals surface area contributed by atoms with Crippen LogP contribution in [0, 0.1) is 0 Å². The zero-order valence-electron chi connectivity index (χ0n) is 10.9. The lowest BCUT2D eigenvalue weighted by molar-refractivity contribution is -0.122. The van der Waals surface area contributed by atoms with Gasteiger partial charge in [0.25, 0.3) is 5.91 Å². The minimum Gasteiger partial charge on any atom is -0.352 e. The average molecular weight is 304 g/mol. The number of hydrogen-bond donors (Lipinski definition) is 1. The molecular weight excluding hydrogens is 289 g/mol. The zero-order chi connectivity index (χ0) is 14.6. The summed E-state index contributed by atoms with van der Waals surface area (Å²) in [4.78, 5) is 28.7. The van der Waals surface area contributed by atoms with Gasteiger partial charge in [0.2, 0.25) is 5.91 Å². The monoisotopic (exact) mass is 303 g/mol. The molecule has 2 amide bonds. The molecule has 5 nitrogen and oxygen atoms in total. The Morgan fingerprint density at radius 2 is 2.05 bits per heavy atom. The molecule has 0 unspecified atom stereocenters. The summed E-state index contributed by atoms with van der Waals surface area (Å²) in [7, 11) is 1.52. The quantitative estimate of drug-likeness (QED) is 0.865. The second kappa shape index (κ2) is 6.73. The molecule has 0 saturated heterocycles. The molecule has 0 fully saturated rings. The van der Waals surface area contributed by atoms with E-state index in [0.29, 0.717) is 0 Å². The normalized spacial score (nSPS) is 10.4. The molecule has 1 aromatic rings. The molecule has 0 radical (unpaired) electrons. The Morgan fingerprint density at radius 3 is 2.63 bits per heavy atom. The van der Waals surface area contributed by atoms with Gasteiger partial charge in [-0.2, -0.15) is 0 Å². The Hall–Kier alpha value is -1.33. The first-order valence-electron chi connectivity index (χ1n) is 5.67. The van der Waals surface area contributed by atoms with Gasteiger partial charge >= 0.3 is 0 Å². The van der Waals surface area contributed by atoms with Crippen LogP contribution < -0.4 is 5.32 Å². The number of likely N-dealkylation sites (N-methyl/N-ethyl adjacent to an activating group) is 1. The second-order valence-electron chi connectivity index (χ2n) is 4.37. The number of nitrogens with zero attached hydrogens (tertiary/aromatic N) is 2. The number of hydrogen-bond acceptors (Lipinski definition) is 3. The molecule has 0 bridgehead atoms. The van der Waals surface area contributed by atoms with Crippen molar-refractivity contribution in [3.8, 4) is 0 Å². The molecule has 0 saturated carbocycles. The molecule has 0 spiro atoms. The second-order valence-corrected chi connectivity index (χ2v) is 5.16. The Morgan fingerprint density at radius 1 is 1.42 bits per heavy atom. The number of amides is 2. The van der Waals surface area contributed by atoms with Crippen LogP contribution in [0.2, 0.25) is 10.2 Å². The van der Waals surface area contributed by atoms with Crippen molar-refractivity contribution in [1.82, 2.24) is 15.2 Å². The van der Waals surface area contributed by atoms with Crippen molar-refractivity contribution in [2.75, 3.05) is 13.6 Å². The van der Waals surface area contributed by atoms with E-state index in [2.05, 4.69) is 10.3 Å². The van der Waals surface area contributed by atoms with Crippen LogP contribution in [0.15, 0.2) is 12.3 Å². The van der Waals surface area contributed by atoms with Crippen molar-refractivity contribution in [2.45, 2.75) is 19.9 Å². The molecule has 1 N–H and O–H groups in total. The largest absolute Gasteiger partial charge is 0.352 e. The minimum atomic E-state index is -0.381. The first-order valence-corrected chi connectivity index (χ1v) is 6.42. The maximum Gasteiger partial charge on any atom is 0.255 e. The molecule has 1 aromatic heterocycles. The summed E-state index contributed by atoms with van der Waals surface area (Å²) in [6, 6.07) is 1.40. The van der Waals surface area contributed by atoms with E-state index < -0.39 is 0 Å². The van der Waals surface area contributed by atoms with E-state index in [9.17, 15) is 9.59 Å². The fraction of sp³-hybridized carbons (Fsp3) is 0.417. The first kappa shape index (κ1) is 15.7.